The van der Waals surface area contributed by atoms with Crippen molar-refractivity contribution in [2.75, 3.05) is 0 Å². The summed E-state index contributed by atoms with van der Waals surface area (Å²) in [7, 11) is 0. The van der Waals surface area contributed by atoms with Gasteiger partial charge in [0.1, 0.15) is 0 Å². The van der Waals surface area contributed by atoms with Gasteiger partial charge in [0.15, 0.2) is 5.84 Å². The highest BCUT2D eigenvalue weighted by atomic mass is 16.2. The summed E-state index contributed by atoms with van der Waals surface area (Å²) in [6, 6.07) is -0.328. The van der Waals surface area contributed by atoms with E-state index in [1.807, 2.05) is 0 Å². The Balaban J connectivity index is 2.23. The minimum Gasteiger partial charge on any atom is -0.382 e. The Bertz CT molecular complexity index is 296. The van der Waals surface area contributed by atoms with Crippen LogP contribution in [0.1, 0.15) is 32.1 Å². The molecule has 3 N–H and O–H groups in total. The first-order chi connectivity index (χ1) is 6.27. The van der Waals surface area contributed by atoms with Crippen LogP contribution in [-0.4, -0.2) is 11.9 Å². The summed E-state index contributed by atoms with van der Waals surface area (Å²) in [4.78, 5) is 14.5. The minimum atomic E-state index is -0.328. The molecule has 0 aromatic rings. The highest BCUT2D eigenvalue weighted by Gasteiger charge is 2.21. The van der Waals surface area contributed by atoms with E-state index < -0.39 is 0 Å². The third-order valence-corrected chi connectivity index (χ3v) is 2.52. The molecule has 0 atom stereocenters. The topological polar surface area (TPSA) is 67.5 Å². The van der Waals surface area contributed by atoms with Crippen molar-refractivity contribution >= 4 is 11.9 Å². The molecule has 0 radical (unpaired) electrons. The number of allylic oxidation sites excluding steroid dienone is 1. The zero-order valence-corrected chi connectivity index (χ0v) is 7.47. The number of aliphatic imine (C=N–C) groups is 1. The van der Waals surface area contributed by atoms with E-state index in [1.165, 1.54) is 24.8 Å². The molecule has 1 saturated carbocycles. The first-order valence-corrected chi connectivity index (χ1v) is 4.65. The second kappa shape index (κ2) is 3.20. The average molecular weight is 179 g/mol. The predicted molar refractivity (Wildman–Crippen MR) is 50.3 cm³/mol. The van der Waals surface area contributed by atoms with Gasteiger partial charge in [-0.2, -0.15) is 4.99 Å². The van der Waals surface area contributed by atoms with Crippen LogP contribution in [0.4, 0.5) is 4.79 Å². The van der Waals surface area contributed by atoms with Gasteiger partial charge >= 0.3 is 6.03 Å². The fourth-order valence-corrected chi connectivity index (χ4v) is 1.86. The van der Waals surface area contributed by atoms with Crippen LogP contribution in [0.3, 0.4) is 0 Å². The summed E-state index contributed by atoms with van der Waals surface area (Å²) in [5, 5.41) is 2.69. The molecule has 1 fully saturated rings. The van der Waals surface area contributed by atoms with Crippen molar-refractivity contribution in [2.45, 2.75) is 32.1 Å². The highest BCUT2D eigenvalue weighted by Crippen LogP contribution is 2.25. The summed E-state index contributed by atoms with van der Waals surface area (Å²) in [5.74, 6) is 0.363. The number of nitrogens with zero attached hydrogens (tertiary/aromatic N) is 1. The first kappa shape index (κ1) is 8.29. The number of amidine groups is 1. The maximum atomic E-state index is 10.9. The second-order valence-corrected chi connectivity index (χ2v) is 3.47. The van der Waals surface area contributed by atoms with E-state index in [-0.39, 0.29) is 6.03 Å². The van der Waals surface area contributed by atoms with E-state index in [2.05, 4.69) is 10.3 Å². The lowest BCUT2D eigenvalue weighted by Gasteiger charge is -2.15. The molecular weight excluding hydrogens is 166 g/mol. The van der Waals surface area contributed by atoms with Gasteiger partial charge in [-0.25, -0.2) is 4.79 Å². The summed E-state index contributed by atoms with van der Waals surface area (Å²) in [5.41, 5.74) is 7.65. The monoisotopic (exact) mass is 179 g/mol. The van der Waals surface area contributed by atoms with E-state index >= 15 is 0 Å². The molecule has 4 heteroatoms. The van der Waals surface area contributed by atoms with Crippen molar-refractivity contribution in [3.8, 4) is 0 Å². The van der Waals surface area contributed by atoms with Crippen LogP contribution in [0.25, 0.3) is 0 Å². The minimum absolute atomic E-state index is 0.328. The molecule has 1 aliphatic heterocycles. The standard InChI is InChI=1S/C9H13N3O/c10-8-7(11-9(13)12-8)6-4-2-1-3-5-6/h1-5H2,(H3,10,11,12,13). The Morgan fingerprint density at radius 2 is 1.92 bits per heavy atom. The van der Waals surface area contributed by atoms with Crippen molar-refractivity contribution in [3.05, 3.63) is 11.3 Å². The molecule has 1 heterocycles. The van der Waals surface area contributed by atoms with Crippen LogP contribution >= 0.6 is 0 Å². The zero-order chi connectivity index (χ0) is 9.26. The molecule has 0 aromatic heterocycles. The van der Waals surface area contributed by atoms with E-state index in [4.69, 9.17) is 5.73 Å². The Kier molecular flexibility index (Phi) is 2.04. The molecule has 0 aromatic carbocycles. The zero-order valence-electron chi connectivity index (χ0n) is 7.47. The van der Waals surface area contributed by atoms with Gasteiger partial charge in [-0.3, -0.25) is 0 Å². The summed E-state index contributed by atoms with van der Waals surface area (Å²) >= 11 is 0. The smallest absolute Gasteiger partial charge is 0.347 e. The van der Waals surface area contributed by atoms with Gasteiger partial charge in [0.2, 0.25) is 0 Å². The van der Waals surface area contributed by atoms with E-state index in [0.717, 1.165) is 18.5 Å². The molecule has 1 aliphatic carbocycles. The van der Waals surface area contributed by atoms with Crippen LogP contribution in [-0.2, 0) is 0 Å². The van der Waals surface area contributed by atoms with Gasteiger partial charge in [0, 0.05) is 0 Å². The maximum Gasteiger partial charge on any atom is 0.347 e. The SMILES string of the molecule is NC1=NC(=O)NC1=C1CCCCC1. The number of carbonyl (C=O) groups is 1. The molecule has 2 rings (SSSR count). The fourth-order valence-electron chi connectivity index (χ4n) is 1.86. The third kappa shape index (κ3) is 1.56. The molecule has 0 bridgehead atoms. The van der Waals surface area contributed by atoms with Gasteiger partial charge in [-0.1, -0.05) is 6.42 Å². The number of hydrogen-bond donors (Lipinski definition) is 2. The third-order valence-electron chi connectivity index (χ3n) is 2.52. The lowest BCUT2D eigenvalue weighted by atomic mass is 9.93. The number of nitrogens with two attached hydrogens (primary N) is 1. The predicted octanol–water partition coefficient (Wildman–Crippen LogP) is 1.29. The molecule has 70 valence electrons. The molecule has 0 spiro atoms. The number of rotatable bonds is 0. The van der Waals surface area contributed by atoms with Crippen molar-refractivity contribution in [3.63, 3.8) is 0 Å². The molecule has 2 aliphatic rings. The van der Waals surface area contributed by atoms with Crippen molar-refractivity contribution in [2.24, 2.45) is 10.7 Å². The second-order valence-electron chi connectivity index (χ2n) is 3.47. The number of urea groups is 1. The first-order valence-electron chi connectivity index (χ1n) is 4.65. The van der Waals surface area contributed by atoms with Gasteiger partial charge in [0.05, 0.1) is 5.70 Å². The van der Waals surface area contributed by atoms with Crippen LogP contribution in [0.15, 0.2) is 16.3 Å². The molecule has 13 heavy (non-hydrogen) atoms. The number of carbonyl (C=O) groups excluding carboxylic acids is 1. The fraction of sp³-hybridized carbons (Fsp3) is 0.556. The summed E-state index contributed by atoms with van der Waals surface area (Å²) in [6.45, 7) is 0. The normalized spacial score (nSPS) is 23.1. The average Bonchev–Trinajstić information content (AvgIpc) is 2.47. The Morgan fingerprint density at radius 3 is 2.46 bits per heavy atom. The maximum absolute atomic E-state index is 10.9. The summed E-state index contributed by atoms with van der Waals surface area (Å²) < 4.78 is 0. The van der Waals surface area contributed by atoms with E-state index in [0.29, 0.717) is 5.84 Å². The van der Waals surface area contributed by atoms with Crippen LogP contribution in [0.2, 0.25) is 0 Å². The van der Waals surface area contributed by atoms with Crippen molar-refractivity contribution < 1.29 is 4.79 Å². The van der Waals surface area contributed by atoms with Gasteiger partial charge in [-0.05, 0) is 31.3 Å². The van der Waals surface area contributed by atoms with Crippen molar-refractivity contribution in [1.29, 1.82) is 0 Å². The van der Waals surface area contributed by atoms with Crippen molar-refractivity contribution in [1.82, 2.24) is 5.32 Å². The number of nitrogens with one attached hydrogen (secondary N) is 1. The van der Waals surface area contributed by atoms with E-state index in [9.17, 15) is 4.79 Å². The van der Waals surface area contributed by atoms with Gasteiger partial charge < -0.3 is 11.1 Å². The molecule has 0 saturated heterocycles. The molecule has 4 nitrogen and oxygen atoms in total. The lowest BCUT2D eigenvalue weighted by molar-refractivity contribution is 0.253. The van der Waals surface area contributed by atoms with Gasteiger partial charge in [0.25, 0.3) is 0 Å². The molecule has 0 unspecified atom stereocenters. The molecule has 2 amide bonds. The van der Waals surface area contributed by atoms with E-state index in [1.54, 1.807) is 0 Å². The highest BCUT2D eigenvalue weighted by molar-refractivity contribution is 6.11. The Morgan fingerprint density at radius 1 is 1.23 bits per heavy atom. The molecular formula is C9H13N3O. The number of hydrogen-bond acceptors (Lipinski definition) is 2. The summed E-state index contributed by atoms with van der Waals surface area (Å²) in [6.07, 6.45) is 5.77. The quantitative estimate of drug-likeness (QED) is 0.588. The number of amides is 2. The Labute approximate surface area is 76.9 Å². The van der Waals surface area contributed by atoms with Crippen LogP contribution in [0.5, 0.6) is 0 Å². The van der Waals surface area contributed by atoms with Crippen LogP contribution in [0, 0.1) is 0 Å². The largest absolute Gasteiger partial charge is 0.382 e. The van der Waals surface area contributed by atoms with Crippen LogP contribution < -0.4 is 11.1 Å². The lowest BCUT2D eigenvalue weighted by Crippen LogP contribution is -2.22. The Hall–Kier alpha value is -1.32. The van der Waals surface area contributed by atoms with Gasteiger partial charge in [-0.15, -0.1) is 0 Å².